The van der Waals surface area contributed by atoms with Crippen molar-refractivity contribution in [3.8, 4) is 0 Å². The SMILES string of the molecule is Cc1ccnc(NCCCn2cccn2)c1Br. The van der Waals surface area contributed by atoms with Gasteiger partial charge in [-0.25, -0.2) is 4.98 Å². The van der Waals surface area contributed by atoms with Crippen molar-refractivity contribution in [3.63, 3.8) is 0 Å². The molecule has 4 nitrogen and oxygen atoms in total. The predicted octanol–water partition coefficient (Wildman–Crippen LogP) is 2.85. The molecule has 0 aliphatic rings. The van der Waals surface area contributed by atoms with Crippen LogP contribution in [0.1, 0.15) is 12.0 Å². The molecule has 2 heterocycles. The first-order chi connectivity index (χ1) is 8.27. The molecule has 0 unspecified atom stereocenters. The molecule has 0 amide bonds. The van der Waals surface area contributed by atoms with Crippen LogP contribution in [0.3, 0.4) is 0 Å². The lowest BCUT2D eigenvalue weighted by molar-refractivity contribution is 0.591. The second-order valence-electron chi connectivity index (χ2n) is 3.84. The van der Waals surface area contributed by atoms with Crippen LogP contribution in [0.15, 0.2) is 35.2 Å². The molecular formula is C12H15BrN4. The summed E-state index contributed by atoms with van der Waals surface area (Å²) in [6.07, 6.45) is 6.60. The maximum absolute atomic E-state index is 4.29. The van der Waals surface area contributed by atoms with Gasteiger partial charge in [0.1, 0.15) is 5.82 Å². The normalized spacial score (nSPS) is 10.5. The first-order valence-corrected chi connectivity index (χ1v) is 6.39. The number of hydrogen-bond acceptors (Lipinski definition) is 3. The summed E-state index contributed by atoms with van der Waals surface area (Å²) < 4.78 is 2.97. The van der Waals surface area contributed by atoms with Gasteiger partial charge in [-0.3, -0.25) is 4.68 Å². The number of pyridine rings is 1. The maximum atomic E-state index is 4.29. The van der Waals surface area contributed by atoms with Gasteiger partial charge in [0.05, 0.1) is 4.47 Å². The van der Waals surface area contributed by atoms with Gasteiger partial charge < -0.3 is 5.32 Å². The number of rotatable bonds is 5. The Kier molecular flexibility index (Phi) is 4.14. The van der Waals surface area contributed by atoms with Gasteiger partial charge in [0, 0.05) is 31.7 Å². The molecule has 5 heteroatoms. The van der Waals surface area contributed by atoms with E-state index >= 15 is 0 Å². The van der Waals surface area contributed by atoms with E-state index in [4.69, 9.17) is 0 Å². The first kappa shape index (κ1) is 12.1. The Hall–Kier alpha value is -1.36. The molecule has 0 aromatic carbocycles. The lowest BCUT2D eigenvalue weighted by atomic mass is 10.3. The smallest absolute Gasteiger partial charge is 0.140 e. The minimum absolute atomic E-state index is 0.884. The monoisotopic (exact) mass is 294 g/mol. The van der Waals surface area contributed by atoms with Crippen molar-refractivity contribution >= 4 is 21.7 Å². The van der Waals surface area contributed by atoms with E-state index in [1.54, 1.807) is 6.20 Å². The molecular weight excluding hydrogens is 280 g/mol. The number of anilines is 1. The maximum Gasteiger partial charge on any atom is 0.140 e. The first-order valence-electron chi connectivity index (χ1n) is 5.60. The fourth-order valence-corrected chi connectivity index (χ4v) is 1.92. The van der Waals surface area contributed by atoms with Gasteiger partial charge in [-0.2, -0.15) is 5.10 Å². The van der Waals surface area contributed by atoms with Gasteiger partial charge in [-0.05, 0) is 47.0 Å². The molecule has 2 aromatic heterocycles. The number of aryl methyl sites for hydroxylation is 2. The van der Waals surface area contributed by atoms with E-state index < -0.39 is 0 Å². The minimum Gasteiger partial charge on any atom is -0.369 e. The molecule has 0 bridgehead atoms. The molecule has 17 heavy (non-hydrogen) atoms. The topological polar surface area (TPSA) is 42.7 Å². The molecule has 1 N–H and O–H groups in total. The van der Waals surface area contributed by atoms with Crippen LogP contribution in [0, 0.1) is 6.92 Å². The Balaban J connectivity index is 1.80. The van der Waals surface area contributed by atoms with Gasteiger partial charge in [-0.15, -0.1) is 0 Å². The highest BCUT2D eigenvalue weighted by atomic mass is 79.9. The molecule has 0 aliphatic heterocycles. The number of halogens is 1. The molecule has 0 saturated heterocycles. The van der Waals surface area contributed by atoms with Crippen molar-refractivity contribution in [1.82, 2.24) is 14.8 Å². The van der Waals surface area contributed by atoms with Gasteiger partial charge in [0.2, 0.25) is 0 Å². The van der Waals surface area contributed by atoms with E-state index in [0.29, 0.717) is 0 Å². The van der Waals surface area contributed by atoms with Crippen LogP contribution in [0.4, 0.5) is 5.82 Å². The number of nitrogens with one attached hydrogen (secondary N) is 1. The van der Waals surface area contributed by atoms with Crippen LogP contribution in [0.5, 0.6) is 0 Å². The quantitative estimate of drug-likeness (QED) is 0.863. The Morgan fingerprint density at radius 3 is 3.06 bits per heavy atom. The van der Waals surface area contributed by atoms with Crippen LogP contribution in [-0.2, 0) is 6.54 Å². The van der Waals surface area contributed by atoms with Crippen molar-refractivity contribution in [2.45, 2.75) is 19.9 Å². The van der Waals surface area contributed by atoms with Crippen LogP contribution in [-0.4, -0.2) is 21.3 Å². The third kappa shape index (κ3) is 3.30. The van der Waals surface area contributed by atoms with E-state index in [2.05, 4.69) is 38.3 Å². The second kappa shape index (κ2) is 5.82. The van der Waals surface area contributed by atoms with Gasteiger partial charge >= 0.3 is 0 Å². The van der Waals surface area contributed by atoms with Crippen molar-refractivity contribution in [3.05, 3.63) is 40.8 Å². The molecule has 0 aliphatic carbocycles. The van der Waals surface area contributed by atoms with E-state index in [0.717, 1.165) is 29.8 Å². The summed E-state index contributed by atoms with van der Waals surface area (Å²) in [5.74, 6) is 0.908. The molecule has 0 spiro atoms. The summed E-state index contributed by atoms with van der Waals surface area (Å²) >= 11 is 3.53. The Labute approximate surface area is 109 Å². The molecule has 0 fully saturated rings. The average molecular weight is 295 g/mol. The minimum atomic E-state index is 0.884. The van der Waals surface area contributed by atoms with Crippen LogP contribution < -0.4 is 5.32 Å². The highest BCUT2D eigenvalue weighted by molar-refractivity contribution is 9.10. The van der Waals surface area contributed by atoms with Crippen molar-refractivity contribution in [2.24, 2.45) is 0 Å². The number of hydrogen-bond donors (Lipinski definition) is 1. The lowest BCUT2D eigenvalue weighted by Crippen LogP contribution is -2.08. The highest BCUT2D eigenvalue weighted by Gasteiger charge is 2.02. The zero-order valence-corrected chi connectivity index (χ0v) is 11.3. The van der Waals surface area contributed by atoms with Gasteiger partial charge in [-0.1, -0.05) is 0 Å². The zero-order valence-electron chi connectivity index (χ0n) is 9.73. The van der Waals surface area contributed by atoms with Crippen LogP contribution >= 0.6 is 15.9 Å². The third-order valence-corrected chi connectivity index (χ3v) is 3.50. The molecule has 2 aromatic rings. The lowest BCUT2D eigenvalue weighted by Gasteiger charge is -2.08. The Morgan fingerprint density at radius 1 is 1.41 bits per heavy atom. The average Bonchev–Trinajstić information content (AvgIpc) is 2.83. The summed E-state index contributed by atoms with van der Waals surface area (Å²) in [7, 11) is 0. The Bertz CT molecular complexity index is 467. The van der Waals surface area contributed by atoms with Crippen LogP contribution in [0.2, 0.25) is 0 Å². The zero-order chi connectivity index (χ0) is 12.1. The summed E-state index contributed by atoms with van der Waals surface area (Å²) in [4.78, 5) is 4.29. The molecule has 0 saturated carbocycles. The largest absolute Gasteiger partial charge is 0.369 e. The predicted molar refractivity (Wildman–Crippen MR) is 72.0 cm³/mol. The Morgan fingerprint density at radius 2 is 2.29 bits per heavy atom. The molecule has 0 atom stereocenters. The summed E-state index contributed by atoms with van der Waals surface area (Å²) in [5.41, 5.74) is 1.19. The molecule has 0 radical (unpaired) electrons. The van der Waals surface area contributed by atoms with Crippen molar-refractivity contribution < 1.29 is 0 Å². The number of nitrogens with zero attached hydrogens (tertiary/aromatic N) is 3. The standard InChI is InChI=1S/C12H15BrN4/c1-10-4-7-15-12(11(10)13)14-5-2-8-17-9-3-6-16-17/h3-4,6-7,9H,2,5,8H2,1H3,(H,14,15). The fourth-order valence-electron chi connectivity index (χ4n) is 1.54. The van der Waals surface area contributed by atoms with E-state index in [1.165, 1.54) is 5.56 Å². The van der Waals surface area contributed by atoms with Gasteiger partial charge in [0.15, 0.2) is 0 Å². The van der Waals surface area contributed by atoms with E-state index in [9.17, 15) is 0 Å². The summed E-state index contributed by atoms with van der Waals surface area (Å²) in [6, 6.07) is 3.92. The fraction of sp³-hybridized carbons (Fsp3) is 0.333. The molecule has 90 valence electrons. The van der Waals surface area contributed by atoms with Crippen LogP contribution in [0.25, 0.3) is 0 Å². The highest BCUT2D eigenvalue weighted by Crippen LogP contribution is 2.22. The van der Waals surface area contributed by atoms with E-state index in [1.807, 2.05) is 29.2 Å². The molecule has 2 rings (SSSR count). The number of aromatic nitrogens is 3. The van der Waals surface area contributed by atoms with Crippen molar-refractivity contribution in [2.75, 3.05) is 11.9 Å². The van der Waals surface area contributed by atoms with Gasteiger partial charge in [0.25, 0.3) is 0 Å². The van der Waals surface area contributed by atoms with Crippen molar-refractivity contribution in [1.29, 1.82) is 0 Å². The summed E-state index contributed by atoms with van der Waals surface area (Å²) in [6.45, 7) is 3.86. The van der Waals surface area contributed by atoms with E-state index in [-0.39, 0.29) is 0 Å². The summed E-state index contributed by atoms with van der Waals surface area (Å²) in [5, 5.41) is 7.47. The second-order valence-corrected chi connectivity index (χ2v) is 4.63. The third-order valence-electron chi connectivity index (χ3n) is 2.50.